The van der Waals surface area contributed by atoms with Crippen LogP contribution in [0.5, 0.6) is 5.75 Å². The molecule has 0 spiro atoms. The fourth-order valence-electron chi connectivity index (χ4n) is 4.50. The Kier molecular flexibility index (Phi) is 8.14. The number of benzene rings is 2. The van der Waals surface area contributed by atoms with Gasteiger partial charge in [-0.1, -0.05) is 88.1 Å². The van der Waals surface area contributed by atoms with Gasteiger partial charge in [-0.25, -0.2) is 0 Å². The lowest BCUT2D eigenvalue weighted by molar-refractivity contribution is 0.432. The lowest BCUT2D eigenvalue weighted by atomic mass is 9.84. The van der Waals surface area contributed by atoms with Crippen molar-refractivity contribution in [3.05, 3.63) is 53.6 Å². The molecule has 1 aliphatic carbocycles. The first-order chi connectivity index (χ1) is 13.8. The molecule has 1 aliphatic rings. The first kappa shape index (κ1) is 20.6. The van der Waals surface area contributed by atoms with E-state index in [0.29, 0.717) is 11.7 Å². The maximum absolute atomic E-state index is 11.0. The number of aliphatic imine (C=N–C) groups is 1. The molecule has 1 fully saturated rings. The van der Waals surface area contributed by atoms with E-state index in [1.165, 1.54) is 81.8 Å². The zero-order chi connectivity index (χ0) is 19.6. The molecule has 2 heteroatoms. The van der Waals surface area contributed by atoms with Crippen molar-refractivity contribution in [1.82, 2.24) is 0 Å². The van der Waals surface area contributed by atoms with E-state index in [0.717, 1.165) is 11.1 Å². The number of nitrogens with zero attached hydrogens (tertiary/aromatic N) is 1. The van der Waals surface area contributed by atoms with E-state index in [2.05, 4.69) is 41.4 Å². The van der Waals surface area contributed by atoms with Crippen LogP contribution < -0.4 is 0 Å². The second-order valence-electron chi connectivity index (χ2n) is 8.21. The average molecular weight is 378 g/mol. The van der Waals surface area contributed by atoms with Gasteiger partial charge in [-0.05, 0) is 47.6 Å². The van der Waals surface area contributed by atoms with E-state index in [-0.39, 0.29) is 0 Å². The Hall–Kier alpha value is -2.09. The number of rotatable bonds is 3. The van der Waals surface area contributed by atoms with Gasteiger partial charge in [0, 0.05) is 18.8 Å². The minimum Gasteiger partial charge on any atom is -0.507 e. The van der Waals surface area contributed by atoms with E-state index < -0.39 is 0 Å². The Balaban J connectivity index is 1.93. The highest BCUT2D eigenvalue weighted by atomic mass is 16.3. The second kappa shape index (κ2) is 11.0. The van der Waals surface area contributed by atoms with E-state index in [1.54, 1.807) is 13.3 Å². The van der Waals surface area contributed by atoms with Crippen molar-refractivity contribution in [2.75, 3.05) is 7.05 Å². The van der Waals surface area contributed by atoms with Crippen LogP contribution in [0.15, 0.2) is 47.5 Å². The molecule has 2 aromatic rings. The molecule has 1 saturated carbocycles. The maximum Gasteiger partial charge on any atom is 0.127 e. The molecule has 0 amide bonds. The topological polar surface area (TPSA) is 32.6 Å². The molecular formula is C26H35NO. The van der Waals surface area contributed by atoms with Crippen LogP contribution in [0.4, 0.5) is 0 Å². The van der Waals surface area contributed by atoms with Crippen LogP contribution in [0.1, 0.15) is 87.7 Å². The van der Waals surface area contributed by atoms with Crippen molar-refractivity contribution >= 4 is 6.21 Å². The average Bonchev–Trinajstić information content (AvgIpc) is 2.71. The van der Waals surface area contributed by atoms with Crippen LogP contribution in [0.25, 0.3) is 11.1 Å². The molecule has 0 bridgehead atoms. The van der Waals surface area contributed by atoms with Crippen LogP contribution in [0.3, 0.4) is 0 Å². The molecule has 0 saturated heterocycles. The van der Waals surface area contributed by atoms with Gasteiger partial charge in [0.25, 0.3) is 0 Å². The van der Waals surface area contributed by atoms with Crippen LogP contribution in [-0.2, 0) is 0 Å². The minimum absolute atomic E-state index is 0.433. The fraction of sp³-hybridized carbons (Fsp3) is 0.500. The van der Waals surface area contributed by atoms with Crippen molar-refractivity contribution in [2.45, 2.75) is 76.5 Å². The highest BCUT2D eigenvalue weighted by molar-refractivity contribution is 5.87. The minimum atomic E-state index is 0.433. The molecule has 0 heterocycles. The molecule has 0 aromatic heterocycles. The lowest BCUT2D eigenvalue weighted by Gasteiger charge is -2.21. The van der Waals surface area contributed by atoms with E-state index in [1.807, 2.05) is 6.07 Å². The molecule has 150 valence electrons. The van der Waals surface area contributed by atoms with Crippen molar-refractivity contribution in [1.29, 1.82) is 0 Å². The summed E-state index contributed by atoms with van der Waals surface area (Å²) >= 11 is 0. The van der Waals surface area contributed by atoms with Gasteiger partial charge in [-0.15, -0.1) is 0 Å². The van der Waals surface area contributed by atoms with Crippen molar-refractivity contribution in [3.63, 3.8) is 0 Å². The lowest BCUT2D eigenvalue weighted by Crippen LogP contribution is -2.03. The van der Waals surface area contributed by atoms with Gasteiger partial charge in [-0.2, -0.15) is 0 Å². The molecule has 2 aromatic carbocycles. The summed E-state index contributed by atoms with van der Waals surface area (Å²) in [7, 11) is 1.77. The Morgan fingerprint density at radius 3 is 1.93 bits per heavy atom. The summed E-state index contributed by atoms with van der Waals surface area (Å²) in [4.78, 5) is 4.19. The number of phenols is 1. The first-order valence-corrected chi connectivity index (χ1v) is 11.1. The summed E-state index contributed by atoms with van der Waals surface area (Å²) in [5, 5.41) is 11.0. The first-order valence-electron chi connectivity index (χ1n) is 11.1. The zero-order valence-electron chi connectivity index (χ0n) is 17.4. The predicted octanol–water partition coefficient (Wildman–Crippen LogP) is 7.50. The SMILES string of the molecule is CN=Cc1cc(-c2ccccc2)cc(C2CCCCCCCCCCC2)c1O. The normalized spacial score (nSPS) is 17.9. The molecule has 0 radical (unpaired) electrons. The van der Waals surface area contributed by atoms with Gasteiger partial charge in [-0.3, -0.25) is 4.99 Å². The van der Waals surface area contributed by atoms with E-state index in [4.69, 9.17) is 0 Å². The monoisotopic (exact) mass is 377 g/mol. The highest BCUT2D eigenvalue weighted by Gasteiger charge is 2.19. The summed E-state index contributed by atoms with van der Waals surface area (Å²) in [6.07, 6.45) is 16.2. The van der Waals surface area contributed by atoms with E-state index in [9.17, 15) is 5.11 Å². The third-order valence-corrected chi connectivity index (χ3v) is 6.09. The predicted molar refractivity (Wildman–Crippen MR) is 121 cm³/mol. The van der Waals surface area contributed by atoms with Crippen LogP contribution >= 0.6 is 0 Å². The third kappa shape index (κ3) is 5.70. The molecule has 0 aliphatic heterocycles. The molecule has 1 N–H and O–H groups in total. The summed E-state index contributed by atoms with van der Waals surface area (Å²) in [5.74, 6) is 0.870. The van der Waals surface area contributed by atoms with Gasteiger partial charge in [0.1, 0.15) is 5.75 Å². The van der Waals surface area contributed by atoms with Gasteiger partial charge < -0.3 is 5.11 Å². The third-order valence-electron chi connectivity index (χ3n) is 6.09. The molecule has 2 nitrogen and oxygen atoms in total. The van der Waals surface area contributed by atoms with Crippen LogP contribution in [-0.4, -0.2) is 18.4 Å². The van der Waals surface area contributed by atoms with Gasteiger partial charge in [0.15, 0.2) is 0 Å². The Bertz CT molecular complexity index is 739. The van der Waals surface area contributed by atoms with Crippen molar-refractivity contribution < 1.29 is 5.11 Å². The van der Waals surface area contributed by atoms with Gasteiger partial charge in [0.2, 0.25) is 0 Å². The molecule has 0 atom stereocenters. The number of hydrogen-bond donors (Lipinski definition) is 1. The number of phenolic OH excluding ortho intramolecular Hbond substituents is 1. The Morgan fingerprint density at radius 1 is 0.786 bits per heavy atom. The standard InChI is InChI=1S/C26H35NO/c1-27-20-24-18-23(21-14-12-9-13-15-21)19-25(26(24)28)22-16-10-7-5-3-2-4-6-8-11-17-22/h9,12-15,18-20,22,28H,2-8,10-11,16-17H2,1H3. The quantitative estimate of drug-likeness (QED) is 0.552. The smallest absolute Gasteiger partial charge is 0.127 e. The highest BCUT2D eigenvalue weighted by Crippen LogP contribution is 2.39. The second-order valence-corrected chi connectivity index (χ2v) is 8.21. The van der Waals surface area contributed by atoms with Crippen LogP contribution in [0, 0.1) is 0 Å². The summed E-state index contributed by atoms with van der Waals surface area (Å²) < 4.78 is 0. The Morgan fingerprint density at radius 2 is 1.36 bits per heavy atom. The van der Waals surface area contributed by atoms with Gasteiger partial charge >= 0.3 is 0 Å². The van der Waals surface area contributed by atoms with Crippen molar-refractivity contribution in [2.24, 2.45) is 4.99 Å². The summed E-state index contributed by atoms with van der Waals surface area (Å²) in [5.41, 5.74) is 4.33. The maximum atomic E-state index is 11.0. The Labute approximate surface area is 170 Å². The summed E-state index contributed by atoms with van der Waals surface area (Å²) in [6, 6.07) is 14.8. The zero-order valence-corrected chi connectivity index (χ0v) is 17.4. The molecule has 3 rings (SSSR count). The number of hydrogen-bond acceptors (Lipinski definition) is 2. The summed E-state index contributed by atoms with van der Waals surface area (Å²) in [6.45, 7) is 0. The van der Waals surface area contributed by atoms with E-state index >= 15 is 0 Å². The molecule has 0 unspecified atom stereocenters. The largest absolute Gasteiger partial charge is 0.507 e. The fourth-order valence-corrected chi connectivity index (χ4v) is 4.50. The number of aromatic hydroxyl groups is 1. The van der Waals surface area contributed by atoms with Gasteiger partial charge in [0.05, 0.1) is 0 Å². The van der Waals surface area contributed by atoms with Crippen molar-refractivity contribution in [3.8, 4) is 16.9 Å². The van der Waals surface area contributed by atoms with Crippen LogP contribution in [0.2, 0.25) is 0 Å². The molecule has 28 heavy (non-hydrogen) atoms. The molecular weight excluding hydrogens is 342 g/mol.